The first-order valence-corrected chi connectivity index (χ1v) is 8.26. The van der Waals surface area contributed by atoms with Crippen molar-refractivity contribution < 1.29 is 4.74 Å². The average Bonchev–Trinajstić information content (AvgIpc) is 2.36. The summed E-state index contributed by atoms with van der Waals surface area (Å²) in [6.07, 6.45) is 6.38. The van der Waals surface area contributed by atoms with E-state index < -0.39 is 0 Å². The van der Waals surface area contributed by atoms with Crippen molar-refractivity contribution in [3.05, 3.63) is 0 Å². The van der Waals surface area contributed by atoms with E-state index in [1.54, 1.807) is 0 Å². The van der Waals surface area contributed by atoms with Crippen LogP contribution in [0.25, 0.3) is 0 Å². The van der Waals surface area contributed by atoms with Gasteiger partial charge in [-0.1, -0.05) is 19.8 Å². The van der Waals surface area contributed by atoms with Gasteiger partial charge in [-0.25, -0.2) is 0 Å². The number of rotatable bonds is 3. The highest BCUT2D eigenvalue weighted by molar-refractivity contribution is 5.00. The normalized spacial score (nSPS) is 38.4. The molecule has 114 valence electrons. The van der Waals surface area contributed by atoms with Crippen molar-refractivity contribution in [1.29, 1.82) is 5.26 Å². The zero-order valence-corrected chi connectivity index (χ0v) is 13.6. The molecular formula is C17H30N2O. The molecular weight excluding hydrogens is 248 g/mol. The minimum atomic E-state index is -0.0879. The molecule has 2 rings (SSSR count). The van der Waals surface area contributed by atoms with Gasteiger partial charge < -0.3 is 4.74 Å². The number of nitrogens with zero attached hydrogens (tertiary/aromatic N) is 2. The van der Waals surface area contributed by atoms with Crippen LogP contribution in [0.2, 0.25) is 0 Å². The van der Waals surface area contributed by atoms with Crippen LogP contribution in [0.3, 0.4) is 0 Å². The van der Waals surface area contributed by atoms with Crippen LogP contribution in [0.4, 0.5) is 0 Å². The molecule has 0 aromatic heterocycles. The van der Waals surface area contributed by atoms with Gasteiger partial charge in [-0.15, -0.1) is 0 Å². The third-order valence-electron chi connectivity index (χ3n) is 4.85. The van der Waals surface area contributed by atoms with Crippen LogP contribution in [0.5, 0.6) is 0 Å². The molecule has 1 aliphatic carbocycles. The predicted molar refractivity (Wildman–Crippen MR) is 81.3 cm³/mol. The first kappa shape index (κ1) is 15.8. The zero-order valence-electron chi connectivity index (χ0n) is 13.6. The van der Waals surface area contributed by atoms with E-state index in [9.17, 15) is 5.26 Å². The number of ether oxygens (including phenoxy) is 1. The summed E-state index contributed by atoms with van der Waals surface area (Å²) >= 11 is 0. The molecule has 0 bridgehead atoms. The van der Waals surface area contributed by atoms with Crippen LogP contribution < -0.4 is 0 Å². The Labute approximate surface area is 124 Å². The van der Waals surface area contributed by atoms with Gasteiger partial charge in [0.15, 0.2) is 0 Å². The minimum Gasteiger partial charge on any atom is -0.370 e. The molecule has 1 saturated heterocycles. The summed E-state index contributed by atoms with van der Waals surface area (Å²) in [7, 11) is 0. The van der Waals surface area contributed by atoms with Crippen LogP contribution in [-0.4, -0.2) is 35.7 Å². The van der Waals surface area contributed by atoms with Crippen molar-refractivity contribution >= 4 is 0 Å². The summed E-state index contributed by atoms with van der Waals surface area (Å²) in [5.74, 6) is 1.03. The van der Waals surface area contributed by atoms with Crippen molar-refractivity contribution in [2.24, 2.45) is 11.8 Å². The largest absolute Gasteiger partial charge is 0.370 e. The van der Waals surface area contributed by atoms with E-state index in [0.717, 1.165) is 25.4 Å². The van der Waals surface area contributed by atoms with Crippen LogP contribution in [0.1, 0.15) is 59.8 Å². The summed E-state index contributed by atoms with van der Waals surface area (Å²) in [5, 5.41) is 9.50. The van der Waals surface area contributed by atoms with Gasteiger partial charge in [-0.3, -0.25) is 4.90 Å². The summed E-state index contributed by atoms with van der Waals surface area (Å²) < 4.78 is 6.01. The summed E-state index contributed by atoms with van der Waals surface area (Å²) in [6, 6.07) is 3.01. The molecule has 3 heteroatoms. The Bertz CT molecular complexity index is 360. The number of hydrogen-bond acceptors (Lipinski definition) is 3. The van der Waals surface area contributed by atoms with E-state index >= 15 is 0 Å². The molecule has 1 heterocycles. The highest BCUT2D eigenvalue weighted by atomic mass is 16.5. The number of hydrogen-bond donors (Lipinski definition) is 0. The lowest BCUT2D eigenvalue weighted by molar-refractivity contribution is -0.144. The molecule has 0 spiro atoms. The van der Waals surface area contributed by atoms with E-state index in [1.807, 2.05) is 0 Å². The van der Waals surface area contributed by atoms with E-state index in [1.165, 1.54) is 25.7 Å². The zero-order chi connectivity index (χ0) is 14.8. The topological polar surface area (TPSA) is 36.3 Å². The molecule has 2 aliphatic rings. The smallest absolute Gasteiger partial charge is 0.0757 e. The van der Waals surface area contributed by atoms with E-state index in [4.69, 9.17) is 4.74 Å². The van der Waals surface area contributed by atoms with Crippen LogP contribution in [-0.2, 0) is 4.74 Å². The lowest BCUT2D eigenvalue weighted by Crippen LogP contribution is -2.57. The maximum atomic E-state index is 9.50. The Kier molecular flexibility index (Phi) is 5.09. The second-order valence-corrected chi connectivity index (χ2v) is 7.39. The minimum absolute atomic E-state index is 0.0879. The fourth-order valence-electron chi connectivity index (χ4n) is 4.21. The van der Waals surface area contributed by atoms with Crippen molar-refractivity contribution in [3.8, 4) is 6.07 Å². The Balaban J connectivity index is 2.08. The summed E-state index contributed by atoms with van der Waals surface area (Å²) in [5.41, 5.74) is -0.0879. The van der Waals surface area contributed by atoms with Gasteiger partial charge in [-0.2, -0.15) is 5.26 Å². The lowest BCUT2D eigenvalue weighted by Gasteiger charge is -2.48. The highest BCUT2D eigenvalue weighted by Crippen LogP contribution is 2.36. The monoisotopic (exact) mass is 278 g/mol. The van der Waals surface area contributed by atoms with Crippen molar-refractivity contribution in [3.63, 3.8) is 0 Å². The molecule has 0 aromatic carbocycles. The molecule has 0 radical (unpaired) electrons. The lowest BCUT2D eigenvalue weighted by atomic mass is 9.76. The third kappa shape index (κ3) is 3.74. The molecule has 3 nitrogen and oxygen atoms in total. The van der Waals surface area contributed by atoms with Crippen molar-refractivity contribution in [2.75, 3.05) is 13.1 Å². The van der Waals surface area contributed by atoms with Crippen LogP contribution in [0, 0.1) is 23.2 Å². The Morgan fingerprint density at radius 1 is 1.35 bits per heavy atom. The third-order valence-corrected chi connectivity index (χ3v) is 4.85. The molecule has 20 heavy (non-hydrogen) atoms. The second kappa shape index (κ2) is 6.45. The average molecular weight is 278 g/mol. The molecule has 0 aromatic rings. The molecule has 1 saturated carbocycles. The Morgan fingerprint density at radius 3 is 2.70 bits per heavy atom. The van der Waals surface area contributed by atoms with Crippen molar-refractivity contribution in [1.82, 2.24) is 4.90 Å². The summed E-state index contributed by atoms with van der Waals surface area (Å²) in [6.45, 7) is 10.7. The quantitative estimate of drug-likeness (QED) is 0.791. The summed E-state index contributed by atoms with van der Waals surface area (Å²) in [4.78, 5) is 2.55. The highest BCUT2D eigenvalue weighted by Gasteiger charge is 2.40. The first-order chi connectivity index (χ1) is 9.45. The fraction of sp³-hybridized carbons (Fsp3) is 0.941. The van der Waals surface area contributed by atoms with Crippen LogP contribution in [0.15, 0.2) is 0 Å². The van der Waals surface area contributed by atoms with Gasteiger partial charge in [0.1, 0.15) is 0 Å². The molecule has 0 N–H and O–H groups in total. The standard InChI is InChI=1S/C17H30N2O/c1-5-6-14-7-8-15(10-18)16(9-14)19-11-13(2)20-17(3,4)12-19/h13-16H,5-9,11-12H2,1-4H3. The molecule has 0 amide bonds. The van der Waals surface area contributed by atoms with E-state index in [0.29, 0.717) is 6.04 Å². The number of nitriles is 1. The number of morpholine rings is 1. The van der Waals surface area contributed by atoms with Gasteiger partial charge >= 0.3 is 0 Å². The predicted octanol–water partition coefficient (Wildman–Crippen LogP) is 3.59. The van der Waals surface area contributed by atoms with Gasteiger partial charge in [0.2, 0.25) is 0 Å². The van der Waals surface area contributed by atoms with Crippen molar-refractivity contribution in [2.45, 2.75) is 77.5 Å². The first-order valence-electron chi connectivity index (χ1n) is 8.26. The Morgan fingerprint density at radius 2 is 2.10 bits per heavy atom. The van der Waals surface area contributed by atoms with E-state index in [-0.39, 0.29) is 17.6 Å². The molecule has 4 unspecified atom stereocenters. The maximum Gasteiger partial charge on any atom is 0.0757 e. The van der Waals surface area contributed by atoms with Gasteiger partial charge in [0.05, 0.1) is 23.7 Å². The van der Waals surface area contributed by atoms with E-state index in [2.05, 4.69) is 38.7 Å². The van der Waals surface area contributed by atoms with Gasteiger partial charge in [-0.05, 0) is 46.0 Å². The Hall–Kier alpha value is -0.590. The molecule has 4 atom stereocenters. The van der Waals surface area contributed by atoms with Crippen LogP contribution >= 0.6 is 0 Å². The maximum absolute atomic E-state index is 9.50. The molecule has 2 fully saturated rings. The van der Waals surface area contributed by atoms with Gasteiger partial charge in [0.25, 0.3) is 0 Å². The second-order valence-electron chi connectivity index (χ2n) is 7.39. The van der Waals surface area contributed by atoms with Gasteiger partial charge in [0, 0.05) is 19.1 Å². The molecule has 1 aliphatic heterocycles. The SMILES string of the molecule is CCCC1CCC(C#N)C(N2CC(C)OC(C)(C)C2)C1. The fourth-order valence-corrected chi connectivity index (χ4v) is 4.21.